The van der Waals surface area contributed by atoms with E-state index in [4.69, 9.17) is 16.8 Å². The molecular weight excluding hydrogens is 460 g/mol. The Hall–Kier alpha value is -3.32. The maximum Gasteiger partial charge on any atom is 0.267 e. The van der Waals surface area contributed by atoms with Gasteiger partial charge in [-0.1, -0.05) is 35.9 Å². The highest BCUT2D eigenvalue weighted by molar-refractivity contribution is 6.31. The van der Waals surface area contributed by atoms with Gasteiger partial charge in [0.1, 0.15) is 0 Å². The first-order chi connectivity index (χ1) is 17.0. The Bertz CT molecular complexity index is 1390. The molecule has 2 aromatic heterocycles. The second kappa shape index (κ2) is 10.1. The Balaban J connectivity index is 1.38. The van der Waals surface area contributed by atoms with Crippen molar-refractivity contribution in [3.63, 3.8) is 0 Å². The summed E-state index contributed by atoms with van der Waals surface area (Å²) in [5.41, 5.74) is 10.1. The highest BCUT2D eigenvalue weighted by atomic mass is 35.5. The maximum absolute atomic E-state index is 11.3. The largest absolute Gasteiger partial charge is 0.364 e. The highest BCUT2D eigenvalue weighted by Crippen LogP contribution is 2.37. The van der Waals surface area contributed by atoms with Crippen LogP contribution in [-0.4, -0.2) is 32.5 Å². The van der Waals surface area contributed by atoms with E-state index < -0.39 is 5.91 Å². The van der Waals surface area contributed by atoms with Crippen LogP contribution in [-0.2, 0) is 24.2 Å². The fourth-order valence-electron chi connectivity index (χ4n) is 5.16. The van der Waals surface area contributed by atoms with Crippen molar-refractivity contribution in [1.29, 1.82) is 0 Å². The number of aromatic nitrogens is 2. The standard InChI is InChI=1S/C28H29ClN4O2/c1-18-12-23(30-15-18)17-33(11-10-21-16-31-26-14-22(29)5-7-24(21)26)27-8-4-20-13-19(2-6-25(20)27)3-9-28(34)32-35/h2-3,5-7,9,12-16,27,30-31,35H,4,8,10-11,17H2,1H3,(H,32,34)/b9-3+. The zero-order chi connectivity index (χ0) is 24.4. The van der Waals surface area contributed by atoms with Crippen molar-refractivity contribution < 1.29 is 10.0 Å². The number of nitrogens with zero attached hydrogens (tertiary/aromatic N) is 1. The first kappa shape index (κ1) is 23.4. The van der Waals surface area contributed by atoms with Gasteiger partial charge in [0.25, 0.3) is 5.91 Å². The number of aromatic amines is 2. The molecule has 1 aliphatic carbocycles. The Kier molecular flexibility index (Phi) is 6.77. The molecule has 0 fully saturated rings. The highest BCUT2D eigenvalue weighted by Gasteiger charge is 2.28. The number of hydroxylamine groups is 1. The number of nitrogens with one attached hydrogen (secondary N) is 3. The zero-order valence-electron chi connectivity index (χ0n) is 19.6. The van der Waals surface area contributed by atoms with Crippen LogP contribution in [0.5, 0.6) is 0 Å². The van der Waals surface area contributed by atoms with Gasteiger partial charge in [0.2, 0.25) is 0 Å². The van der Waals surface area contributed by atoms with E-state index in [1.165, 1.54) is 39.4 Å². The first-order valence-electron chi connectivity index (χ1n) is 11.9. The number of carbonyl (C=O) groups excluding carboxylic acids is 1. The fourth-order valence-corrected chi connectivity index (χ4v) is 5.33. The van der Waals surface area contributed by atoms with Crippen LogP contribution in [0, 0.1) is 6.92 Å². The summed E-state index contributed by atoms with van der Waals surface area (Å²) >= 11 is 6.17. The van der Waals surface area contributed by atoms with Crippen molar-refractivity contribution in [3.05, 3.63) is 99.5 Å². The predicted molar refractivity (Wildman–Crippen MR) is 139 cm³/mol. The molecule has 0 radical (unpaired) electrons. The molecule has 1 atom stereocenters. The van der Waals surface area contributed by atoms with Crippen molar-refractivity contribution in [2.24, 2.45) is 0 Å². The van der Waals surface area contributed by atoms with Gasteiger partial charge < -0.3 is 9.97 Å². The summed E-state index contributed by atoms with van der Waals surface area (Å²) in [7, 11) is 0. The van der Waals surface area contributed by atoms with E-state index in [9.17, 15) is 4.79 Å². The number of hydrogen-bond donors (Lipinski definition) is 4. The SMILES string of the molecule is Cc1c[nH]c(CN(CCc2c[nH]c3cc(Cl)ccc23)C2CCc3cc(/C=C/C(=O)NO)ccc32)c1. The van der Waals surface area contributed by atoms with Crippen LogP contribution in [0.2, 0.25) is 5.02 Å². The first-order valence-corrected chi connectivity index (χ1v) is 12.3. The van der Waals surface area contributed by atoms with Gasteiger partial charge >= 0.3 is 0 Å². The molecule has 4 aromatic rings. The molecule has 6 nitrogen and oxygen atoms in total. The molecule has 1 aliphatic rings. The number of benzene rings is 2. The normalized spacial score (nSPS) is 15.4. The van der Waals surface area contributed by atoms with E-state index in [2.05, 4.69) is 58.5 Å². The summed E-state index contributed by atoms with van der Waals surface area (Å²) in [4.78, 5) is 20.7. The van der Waals surface area contributed by atoms with Crippen LogP contribution in [0.25, 0.3) is 17.0 Å². The van der Waals surface area contributed by atoms with Gasteiger partial charge in [-0.25, -0.2) is 5.48 Å². The van der Waals surface area contributed by atoms with E-state index in [0.29, 0.717) is 6.04 Å². The average Bonchev–Trinajstić information content (AvgIpc) is 3.58. The molecule has 35 heavy (non-hydrogen) atoms. The second-order valence-electron chi connectivity index (χ2n) is 9.25. The third kappa shape index (κ3) is 5.20. The van der Waals surface area contributed by atoms with Gasteiger partial charge in [-0.05, 0) is 78.3 Å². The molecule has 0 bridgehead atoms. The monoisotopic (exact) mass is 488 g/mol. The van der Waals surface area contributed by atoms with Crippen molar-refractivity contribution in [2.45, 2.75) is 38.8 Å². The molecule has 1 amide bonds. The number of hydrogen-bond acceptors (Lipinski definition) is 3. The summed E-state index contributed by atoms with van der Waals surface area (Å²) in [6.07, 6.45) is 10.2. The summed E-state index contributed by atoms with van der Waals surface area (Å²) in [5.74, 6) is -0.532. The smallest absolute Gasteiger partial charge is 0.267 e. The third-order valence-corrected chi connectivity index (χ3v) is 7.08. The van der Waals surface area contributed by atoms with Gasteiger partial charge in [0, 0.05) is 59.2 Å². The van der Waals surface area contributed by atoms with Gasteiger partial charge in [0.05, 0.1) is 0 Å². The third-order valence-electron chi connectivity index (χ3n) is 6.85. The number of amides is 1. The molecule has 7 heteroatoms. The molecule has 1 unspecified atom stereocenters. The number of fused-ring (bicyclic) bond motifs is 2. The van der Waals surface area contributed by atoms with Gasteiger partial charge in [-0.3, -0.25) is 14.9 Å². The second-order valence-corrected chi connectivity index (χ2v) is 9.69. The molecular formula is C28H29ClN4O2. The Morgan fingerprint density at radius 2 is 2.09 bits per heavy atom. The lowest BCUT2D eigenvalue weighted by atomic mass is 10.0. The summed E-state index contributed by atoms with van der Waals surface area (Å²) in [6, 6.07) is 14.9. The zero-order valence-corrected chi connectivity index (χ0v) is 20.4. The number of aryl methyl sites for hydroxylation is 2. The quantitative estimate of drug-likeness (QED) is 0.146. The van der Waals surface area contributed by atoms with Crippen LogP contribution in [0.3, 0.4) is 0 Å². The number of rotatable bonds is 8. The molecule has 0 spiro atoms. The summed E-state index contributed by atoms with van der Waals surface area (Å²) in [5, 5.41) is 10.7. The molecule has 4 N–H and O–H groups in total. The predicted octanol–water partition coefficient (Wildman–Crippen LogP) is 5.71. The van der Waals surface area contributed by atoms with Crippen LogP contribution in [0.1, 0.15) is 46.0 Å². The average molecular weight is 489 g/mol. The van der Waals surface area contributed by atoms with Crippen LogP contribution in [0.4, 0.5) is 0 Å². The molecule has 5 rings (SSSR count). The molecule has 180 valence electrons. The summed E-state index contributed by atoms with van der Waals surface area (Å²) < 4.78 is 0. The minimum absolute atomic E-state index is 0.326. The van der Waals surface area contributed by atoms with Gasteiger partial charge in [0.15, 0.2) is 0 Å². The lowest BCUT2D eigenvalue weighted by molar-refractivity contribution is -0.124. The Morgan fingerprint density at radius 3 is 2.89 bits per heavy atom. The van der Waals surface area contributed by atoms with E-state index in [-0.39, 0.29) is 0 Å². The van der Waals surface area contributed by atoms with E-state index >= 15 is 0 Å². The molecule has 2 aromatic carbocycles. The van der Waals surface area contributed by atoms with Crippen molar-refractivity contribution in [3.8, 4) is 0 Å². The number of H-pyrrole nitrogens is 2. The lowest BCUT2D eigenvalue weighted by Crippen LogP contribution is -2.29. The fraction of sp³-hybridized carbons (Fsp3) is 0.250. The molecule has 0 saturated carbocycles. The van der Waals surface area contributed by atoms with Crippen LogP contribution in [0.15, 0.2) is 60.9 Å². The van der Waals surface area contributed by atoms with Crippen molar-refractivity contribution >= 4 is 34.5 Å². The topological polar surface area (TPSA) is 84.2 Å². The van der Waals surface area contributed by atoms with E-state index in [1.54, 1.807) is 11.6 Å². The minimum Gasteiger partial charge on any atom is -0.364 e. The molecule has 0 saturated heterocycles. The molecule has 0 aliphatic heterocycles. The Labute approximate surface area is 209 Å². The van der Waals surface area contributed by atoms with E-state index in [0.717, 1.165) is 48.5 Å². The van der Waals surface area contributed by atoms with Crippen molar-refractivity contribution in [2.75, 3.05) is 6.54 Å². The molecule has 2 heterocycles. The number of carbonyl (C=O) groups is 1. The van der Waals surface area contributed by atoms with Crippen molar-refractivity contribution in [1.82, 2.24) is 20.3 Å². The minimum atomic E-state index is -0.532. The Morgan fingerprint density at radius 1 is 1.20 bits per heavy atom. The van der Waals surface area contributed by atoms with Gasteiger partial charge in [-0.2, -0.15) is 0 Å². The maximum atomic E-state index is 11.3. The van der Waals surface area contributed by atoms with Gasteiger partial charge in [-0.15, -0.1) is 0 Å². The summed E-state index contributed by atoms with van der Waals surface area (Å²) in [6.45, 7) is 3.89. The number of halogens is 1. The van der Waals surface area contributed by atoms with Crippen LogP contribution >= 0.6 is 11.6 Å². The lowest BCUT2D eigenvalue weighted by Gasteiger charge is -2.29. The van der Waals surface area contributed by atoms with Crippen LogP contribution < -0.4 is 5.48 Å². The van der Waals surface area contributed by atoms with E-state index in [1.807, 2.05) is 18.2 Å².